The number of rotatable bonds is 5. The van der Waals surface area contributed by atoms with E-state index in [0.717, 1.165) is 11.1 Å². The van der Waals surface area contributed by atoms with Crippen LogP contribution in [0.25, 0.3) is 0 Å². The summed E-state index contributed by atoms with van der Waals surface area (Å²) in [6.07, 6.45) is 3.15. The van der Waals surface area contributed by atoms with Crippen LogP contribution >= 0.6 is 0 Å². The predicted molar refractivity (Wildman–Crippen MR) is 105 cm³/mol. The largest absolute Gasteiger partial charge is 0.322 e. The van der Waals surface area contributed by atoms with Gasteiger partial charge in [0.2, 0.25) is 0 Å². The minimum absolute atomic E-state index is 0.0844. The third kappa shape index (κ3) is 4.51. The van der Waals surface area contributed by atoms with E-state index in [0.29, 0.717) is 16.9 Å². The summed E-state index contributed by atoms with van der Waals surface area (Å²) in [7, 11) is -3.73. The summed E-state index contributed by atoms with van der Waals surface area (Å²) in [5, 5.41) is 2.72. The van der Waals surface area contributed by atoms with E-state index in [1.165, 1.54) is 24.3 Å². The number of nitrogens with one attached hydrogen (secondary N) is 2. The molecule has 0 unspecified atom stereocenters. The van der Waals surface area contributed by atoms with Gasteiger partial charge in [0.15, 0.2) is 0 Å². The number of aryl methyl sites for hydroxylation is 2. The van der Waals surface area contributed by atoms with Gasteiger partial charge in [-0.15, -0.1) is 0 Å². The lowest BCUT2D eigenvalue weighted by Crippen LogP contribution is -2.15. The first-order chi connectivity index (χ1) is 12.8. The van der Waals surface area contributed by atoms with Crippen LogP contribution in [-0.2, 0) is 10.0 Å². The maximum absolute atomic E-state index is 12.6. The Labute approximate surface area is 158 Å². The monoisotopic (exact) mass is 381 g/mol. The molecule has 0 aliphatic carbocycles. The molecule has 0 radical (unpaired) electrons. The molecule has 27 heavy (non-hydrogen) atoms. The first-order valence-corrected chi connectivity index (χ1v) is 9.75. The van der Waals surface area contributed by atoms with Crippen molar-refractivity contribution in [1.82, 2.24) is 4.98 Å². The van der Waals surface area contributed by atoms with Gasteiger partial charge in [-0.3, -0.25) is 14.5 Å². The number of benzene rings is 2. The van der Waals surface area contributed by atoms with E-state index in [9.17, 15) is 13.2 Å². The Hall–Kier alpha value is -3.19. The van der Waals surface area contributed by atoms with Crippen LogP contribution in [0.3, 0.4) is 0 Å². The predicted octanol–water partition coefficient (Wildman–Crippen LogP) is 3.75. The summed E-state index contributed by atoms with van der Waals surface area (Å²) in [6, 6.07) is 14.5. The molecule has 0 aliphatic heterocycles. The average molecular weight is 381 g/mol. The first kappa shape index (κ1) is 18.6. The van der Waals surface area contributed by atoms with Crippen LogP contribution < -0.4 is 10.0 Å². The van der Waals surface area contributed by atoms with Crippen LogP contribution in [0, 0.1) is 13.8 Å². The minimum atomic E-state index is -3.73. The Morgan fingerprint density at radius 3 is 2.15 bits per heavy atom. The second-order valence-corrected chi connectivity index (χ2v) is 7.80. The summed E-state index contributed by atoms with van der Waals surface area (Å²) in [6.45, 7) is 3.88. The lowest BCUT2D eigenvalue weighted by Gasteiger charge is -2.10. The zero-order valence-electron chi connectivity index (χ0n) is 14.9. The number of pyridine rings is 1. The lowest BCUT2D eigenvalue weighted by molar-refractivity contribution is 0.102. The van der Waals surface area contributed by atoms with E-state index in [1.807, 2.05) is 19.9 Å². The molecule has 0 fully saturated rings. The van der Waals surface area contributed by atoms with Crippen molar-refractivity contribution in [2.75, 3.05) is 10.0 Å². The van der Waals surface area contributed by atoms with Crippen molar-refractivity contribution >= 4 is 27.3 Å². The van der Waals surface area contributed by atoms with E-state index < -0.39 is 10.0 Å². The van der Waals surface area contributed by atoms with E-state index >= 15 is 0 Å². The topological polar surface area (TPSA) is 88.2 Å². The normalized spacial score (nSPS) is 11.0. The van der Waals surface area contributed by atoms with Gasteiger partial charge in [-0.05, 0) is 73.5 Å². The zero-order valence-corrected chi connectivity index (χ0v) is 15.7. The van der Waals surface area contributed by atoms with Gasteiger partial charge in [0.25, 0.3) is 15.9 Å². The fourth-order valence-corrected chi connectivity index (χ4v) is 3.49. The van der Waals surface area contributed by atoms with Gasteiger partial charge in [0, 0.05) is 29.3 Å². The number of anilines is 2. The van der Waals surface area contributed by atoms with Crippen molar-refractivity contribution in [3.8, 4) is 0 Å². The summed E-state index contributed by atoms with van der Waals surface area (Å²) in [5.74, 6) is -0.327. The van der Waals surface area contributed by atoms with Crippen molar-refractivity contribution < 1.29 is 13.2 Å². The Kier molecular flexibility index (Phi) is 5.23. The van der Waals surface area contributed by atoms with Gasteiger partial charge in [-0.1, -0.05) is 6.07 Å². The number of hydrogen-bond acceptors (Lipinski definition) is 4. The molecule has 138 valence electrons. The molecule has 3 aromatic rings. The molecule has 0 aliphatic rings. The third-order valence-electron chi connectivity index (χ3n) is 4.12. The van der Waals surface area contributed by atoms with Crippen molar-refractivity contribution in [2.24, 2.45) is 0 Å². The van der Waals surface area contributed by atoms with Gasteiger partial charge in [0.1, 0.15) is 0 Å². The molecule has 1 amide bonds. The lowest BCUT2D eigenvalue weighted by atomic mass is 10.1. The third-order valence-corrected chi connectivity index (χ3v) is 5.52. The molecule has 1 heterocycles. The van der Waals surface area contributed by atoms with Crippen LogP contribution in [0.15, 0.2) is 71.9 Å². The highest BCUT2D eigenvalue weighted by molar-refractivity contribution is 7.92. The smallest absolute Gasteiger partial charge is 0.261 e. The second-order valence-electron chi connectivity index (χ2n) is 6.12. The van der Waals surface area contributed by atoms with Crippen molar-refractivity contribution in [1.29, 1.82) is 0 Å². The van der Waals surface area contributed by atoms with Crippen molar-refractivity contribution in [2.45, 2.75) is 18.7 Å². The number of sulfonamides is 1. The van der Waals surface area contributed by atoms with Crippen LogP contribution in [0.1, 0.15) is 21.5 Å². The van der Waals surface area contributed by atoms with Gasteiger partial charge in [-0.2, -0.15) is 0 Å². The molecule has 7 heteroatoms. The standard InChI is InChI=1S/C20H19N3O3S/c1-14-3-6-18(13-15(14)2)23-27(25,26)19-7-4-16(5-8-19)20(24)22-17-9-11-21-12-10-17/h3-13,23H,1-2H3,(H,21,22,24). The number of hydrogen-bond donors (Lipinski definition) is 2. The highest BCUT2D eigenvalue weighted by atomic mass is 32.2. The molecule has 6 nitrogen and oxygen atoms in total. The van der Waals surface area contributed by atoms with Crippen molar-refractivity contribution in [3.05, 3.63) is 83.7 Å². The number of aromatic nitrogens is 1. The quantitative estimate of drug-likeness (QED) is 0.704. The van der Waals surface area contributed by atoms with Crippen LogP contribution in [-0.4, -0.2) is 19.3 Å². The second kappa shape index (κ2) is 7.59. The summed E-state index contributed by atoms with van der Waals surface area (Å²) in [5.41, 5.74) is 3.55. The molecular weight excluding hydrogens is 362 g/mol. The maximum Gasteiger partial charge on any atom is 0.261 e. The highest BCUT2D eigenvalue weighted by Gasteiger charge is 2.15. The summed E-state index contributed by atoms with van der Waals surface area (Å²) < 4.78 is 27.7. The fraction of sp³-hybridized carbons (Fsp3) is 0.100. The van der Waals surface area contributed by atoms with Crippen LogP contribution in [0.4, 0.5) is 11.4 Å². The van der Waals surface area contributed by atoms with E-state index in [-0.39, 0.29) is 10.8 Å². The Morgan fingerprint density at radius 1 is 0.852 bits per heavy atom. The highest BCUT2D eigenvalue weighted by Crippen LogP contribution is 2.19. The first-order valence-electron chi connectivity index (χ1n) is 8.27. The molecule has 3 rings (SSSR count). The molecule has 0 saturated carbocycles. The molecule has 0 atom stereocenters. The van der Waals surface area contributed by atoms with Gasteiger partial charge in [0.05, 0.1) is 4.90 Å². The molecule has 1 aromatic heterocycles. The number of carbonyl (C=O) groups excluding carboxylic acids is 1. The van der Waals surface area contributed by atoms with Gasteiger partial charge < -0.3 is 5.32 Å². The average Bonchev–Trinajstić information content (AvgIpc) is 2.65. The molecule has 0 saturated heterocycles. The number of nitrogens with zero attached hydrogens (tertiary/aromatic N) is 1. The van der Waals surface area contributed by atoms with E-state index in [2.05, 4.69) is 15.0 Å². The Balaban J connectivity index is 1.75. The summed E-state index contributed by atoms with van der Waals surface area (Å²) >= 11 is 0. The summed E-state index contributed by atoms with van der Waals surface area (Å²) in [4.78, 5) is 16.2. The Morgan fingerprint density at radius 2 is 1.52 bits per heavy atom. The molecular formula is C20H19N3O3S. The zero-order chi connectivity index (χ0) is 19.4. The van der Waals surface area contributed by atoms with Crippen LogP contribution in [0.2, 0.25) is 0 Å². The van der Waals surface area contributed by atoms with Crippen LogP contribution in [0.5, 0.6) is 0 Å². The minimum Gasteiger partial charge on any atom is -0.322 e. The maximum atomic E-state index is 12.6. The SMILES string of the molecule is Cc1ccc(NS(=O)(=O)c2ccc(C(=O)Nc3ccncc3)cc2)cc1C. The molecule has 2 N–H and O–H groups in total. The number of carbonyl (C=O) groups is 1. The molecule has 0 bridgehead atoms. The fourth-order valence-electron chi connectivity index (χ4n) is 2.44. The van der Waals surface area contributed by atoms with Crippen molar-refractivity contribution in [3.63, 3.8) is 0 Å². The molecule has 2 aromatic carbocycles. The van der Waals surface area contributed by atoms with E-state index in [4.69, 9.17) is 0 Å². The number of amides is 1. The van der Waals surface area contributed by atoms with Gasteiger partial charge >= 0.3 is 0 Å². The van der Waals surface area contributed by atoms with E-state index in [1.54, 1.807) is 36.7 Å². The Bertz CT molecular complexity index is 1060. The van der Waals surface area contributed by atoms with Gasteiger partial charge in [-0.25, -0.2) is 8.42 Å². The molecule has 0 spiro atoms.